The molecule has 0 aliphatic heterocycles. The Morgan fingerprint density at radius 1 is 1.15 bits per heavy atom. The molecule has 20 heavy (non-hydrogen) atoms. The Morgan fingerprint density at radius 2 is 1.65 bits per heavy atom. The highest BCUT2D eigenvalue weighted by atomic mass is 35.5. The van der Waals surface area contributed by atoms with Crippen molar-refractivity contribution in [3.05, 3.63) is 52.5 Å². The molecular weight excluding hydrogens is 321 g/mol. The first-order chi connectivity index (χ1) is 9.49. The fourth-order valence-corrected chi connectivity index (χ4v) is 2.41. The first-order valence-electron chi connectivity index (χ1n) is 5.76. The SMILES string of the molecule is C=CCN(CC=C)C(=O)COc1c(Cl)cc(Cl)cc1Cl. The molecule has 0 atom stereocenters. The van der Waals surface area contributed by atoms with Crippen LogP contribution in [0.3, 0.4) is 0 Å². The summed E-state index contributed by atoms with van der Waals surface area (Å²) in [5, 5.41) is 0.919. The minimum Gasteiger partial charge on any atom is -0.481 e. The number of hydrogen-bond acceptors (Lipinski definition) is 2. The standard InChI is InChI=1S/C14H14Cl3NO2/c1-3-5-18(6-4-2)13(19)9-20-14-11(16)7-10(15)8-12(14)17/h3-4,7-8H,1-2,5-6,9H2. The average Bonchev–Trinajstić information content (AvgIpc) is 2.37. The first-order valence-corrected chi connectivity index (χ1v) is 6.90. The molecule has 1 amide bonds. The van der Waals surface area contributed by atoms with Gasteiger partial charge >= 0.3 is 0 Å². The van der Waals surface area contributed by atoms with E-state index in [-0.39, 0.29) is 28.3 Å². The summed E-state index contributed by atoms with van der Waals surface area (Å²) < 4.78 is 5.38. The summed E-state index contributed by atoms with van der Waals surface area (Å²) in [4.78, 5) is 13.5. The lowest BCUT2D eigenvalue weighted by molar-refractivity contribution is -0.132. The van der Waals surface area contributed by atoms with Crippen LogP contribution < -0.4 is 4.74 Å². The molecule has 1 aromatic carbocycles. The van der Waals surface area contributed by atoms with Gasteiger partial charge in [0.1, 0.15) is 0 Å². The maximum absolute atomic E-state index is 12.0. The molecule has 0 heterocycles. The summed E-state index contributed by atoms with van der Waals surface area (Å²) in [5.74, 6) is 0.0233. The number of halogens is 3. The van der Waals surface area contributed by atoms with E-state index < -0.39 is 0 Å². The van der Waals surface area contributed by atoms with Crippen molar-refractivity contribution < 1.29 is 9.53 Å². The second-order valence-corrected chi connectivity index (χ2v) is 5.11. The van der Waals surface area contributed by atoms with E-state index in [1.807, 2.05) is 0 Å². The zero-order chi connectivity index (χ0) is 15.1. The van der Waals surface area contributed by atoms with Crippen LogP contribution in [0.1, 0.15) is 0 Å². The van der Waals surface area contributed by atoms with Crippen molar-refractivity contribution in [3.63, 3.8) is 0 Å². The quantitative estimate of drug-likeness (QED) is 0.699. The third-order valence-electron chi connectivity index (χ3n) is 2.35. The molecule has 1 aromatic rings. The molecule has 0 radical (unpaired) electrons. The van der Waals surface area contributed by atoms with Crippen LogP contribution in [0.2, 0.25) is 15.1 Å². The van der Waals surface area contributed by atoms with Crippen LogP contribution in [0.25, 0.3) is 0 Å². The molecular formula is C14H14Cl3NO2. The van der Waals surface area contributed by atoms with E-state index in [4.69, 9.17) is 39.5 Å². The Morgan fingerprint density at radius 3 is 2.10 bits per heavy atom. The largest absolute Gasteiger partial charge is 0.481 e. The number of rotatable bonds is 7. The Labute approximate surface area is 133 Å². The number of carbonyl (C=O) groups excluding carboxylic acids is 1. The molecule has 6 heteroatoms. The lowest BCUT2D eigenvalue weighted by atomic mass is 10.3. The normalized spacial score (nSPS) is 9.95. The smallest absolute Gasteiger partial charge is 0.261 e. The molecule has 0 aromatic heterocycles. The van der Waals surface area contributed by atoms with Crippen molar-refractivity contribution in [1.29, 1.82) is 0 Å². The van der Waals surface area contributed by atoms with E-state index in [1.54, 1.807) is 12.2 Å². The highest BCUT2D eigenvalue weighted by Gasteiger charge is 2.14. The van der Waals surface area contributed by atoms with Gasteiger partial charge in [0.2, 0.25) is 0 Å². The fraction of sp³-hybridized carbons (Fsp3) is 0.214. The predicted octanol–water partition coefficient (Wildman–Crippen LogP) is 4.23. The molecule has 0 bridgehead atoms. The van der Waals surface area contributed by atoms with Gasteiger partial charge in [-0.2, -0.15) is 0 Å². The van der Waals surface area contributed by atoms with Crippen LogP contribution in [-0.2, 0) is 4.79 Å². The molecule has 0 fully saturated rings. The first kappa shape index (κ1) is 16.9. The van der Waals surface area contributed by atoms with Crippen LogP contribution in [0, 0.1) is 0 Å². The van der Waals surface area contributed by atoms with Gasteiger partial charge in [-0.1, -0.05) is 47.0 Å². The van der Waals surface area contributed by atoms with Gasteiger partial charge in [-0.15, -0.1) is 13.2 Å². The highest BCUT2D eigenvalue weighted by Crippen LogP contribution is 2.35. The van der Waals surface area contributed by atoms with Crippen LogP contribution in [-0.4, -0.2) is 30.5 Å². The molecule has 0 saturated carbocycles. The number of nitrogens with zero attached hydrogens (tertiary/aromatic N) is 1. The maximum Gasteiger partial charge on any atom is 0.261 e. The van der Waals surface area contributed by atoms with Gasteiger partial charge in [-0.25, -0.2) is 0 Å². The van der Waals surface area contributed by atoms with Crippen LogP contribution >= 0.6 is 34.8 Å². The third kappa shape index (κ3) is 4.75. The molecule has 0 saturated heterocycles. The van der Waals surface area contributed by atoms with E-state index in [9.17, 15) is 4.79 Å². The zero-order valence-electron chi connectivity index (χ0n) is 10.7. The van der Waals surface area contributed by atoms with Crippen molar-refractivity contribution in [3.8, 4) is 5.75 Å². The predicted molar refractivity (Wildman–Crippen MR) is 83.9 cm³/mol. The topological polar surface area (TPSA) is 29.5 Å². The van der Waals surface area contributed by atoms with Crippen molar-refractivity contribution in [2.24, 2.45) is 0 Å². The summed E-state index contributed by atoms with van der Waals surface area (Å²) in [6.07, 6.45) is 3.26. The lowest BCUT2D eigenvalue weighted by Gasteiger charge is -2.19. The molecule has 1 rings (SSSR count). The third-order valence-corrected chi connectivity index (χ3v) is 3.13. The number of amides is 1. The van der Waals surface area contributed by atoms with Gasteiger partial charge in [0.15, 0.2) is 12.4 Å². The minimum absolute atomic E-state index is 0.178. The molecule has 0 unspecified atom stereocenters. The second kappa shape index (κ2) is 8.20. The summed E-state index contributed by atoms with van der Waals surface area (Å²) in [6, 6.07) is 3.00. The van der Waals surface area contributed by atoms with Gasteiger partial charge in [0, 0.05) is 18.1 Å². The van der Waals surface area contributed by atoms with E-state index in [1.165, 1.54) is 17.0 Å². The molecule has 0 spiro atoms. The lowest BCUT2D eigenvalue weighted by Crippen LogP contribution is -2.35. The van der Waals surface area contributed by atoms with Gasteiger partial charge < -0.3 is 9.64 Å². The maximum atomic E-state index is 12.0. The van der Waals surface area contributed by atoms with E-state index in [0.29, 0.717) is 18.1 Å². The van der Waals surface area contributed by atoms with Gasteiger partial charge in [0.25, 0.3) is 5.91 Å². The Bertz CT molecular complexity index is 484. The molecule has 0 aliphatic rings. The Hall–Kier alpha value is -1.16. The van der Waals surface area contributed by atoms with Gasteiger partial charge in [-0.05, 0) is 12.1 Å². The molecule has 3 nitrogen and oxygen atoms in total. The van der Waals surface area contributed by atoms with Crippen LogP contribution in [0.4, 0.5) is 0 Å². The summed E-state index contributed by atoms with van der Waals surface area (Å²) in [7, 11) is 0. The second-order valence-electron chi connectivity index (χ2n) is 3.86. The fourth-order valence-electron chi connectivity index (χ4n) is 1.48. The average molecular weight is 335 g/mol. The van der Waals surface area contributed by atoms with Crippen molar-refractivity contribution in [2.75, 3.05) is 19.7 Å². The number of benzene rings is 1. The summed E-state index contributed by atoms with van der Waals surface area (Å²) in [6.45, 7) is 7.84. The summed E-state index contributed by atoms with van der Waals surface area (Å²) >= 11 is 17.7. The van der Waals surface area contributed by atoms with Crippen LogP contribution in [0.5, 0.6) is 5.75 Å². The number of hydrogen-bond donors (Lipinski definition) is 0. The number of ether oxygens (including phenoxy) is 1. The molecule has 0 N–H and O–H groups in total. The zero-order valence-corrected chi connectivity index (χ0v) is 13.0. The monoisotopic (exact) mass is 333 g/mol. The van der Waals surface area contributed by atoms with E-state index in [2.05, 4.69) is 13.2 Å². The Balaban J connectivity index is 2.73. The van der Waals surface area contributed by atoms with Crippen molar-refractivity contribution in [2.45, 2.75) is 0 Å². The highest BCUT2D eigenvalue weighted by molar-refractivity contribution is 6.40. The Kier molecular flexibility index (Phi) is 6.93. The minimum atomic E-state index is -0.216. The molecule has 0 aliphatic carbocycles. The van der Waals surface area contributed by atoms with Crippen LogP contribution in [0.15, 0.2) is 37.4 Å². The molecule has 108 valence electrons. The number of carbonyl (C=O) groups is 1. The van der Waals surface area contributed by atoms with Crippen molar-refractivity contribution >= 4 is 40.7 Å². The van der Waals surface area contributed by atoms with Gasteiger partial charge in [0.05, 0.1) is 10.0 Å². The van der Waals surface area contributed by atoms with E-state index in [0.717, 1.165) is 0 Å². The van der Waals surface area contributed by atoms with E-state index >= 15 is 0 Å². The van der Waals surface area contributed by atoms with Gasteiger partial charge in [-0.3, -0.25) is 4.79 Å². The van der Waals surface area contributed by atoms with Crippen molar-refractivity contribution in [1.82, 2.24) is 4.90 Å². The summed E-state index contributed by atoms with van der Waals surface area (Å²) in [5.41, 5.74) is 0.